The summed E-state index contributed by atoms with van der Waals surface area (Å²) in [6, 6.07) is 32.0. The first-order valence-corrected chi connectivity index (χ1v) is 9.99. The predicted octanol–water partition coefficient (Wildman–Crippen LogP) is 7.38. The molecule has 2 heteroatoms. The Kier molecular flexibility index (Phi) is 3.50. The van der Waals surface area contributed by atoms with Crippen LogP contribution in [0.15, 0.2) is 97.1 Å². The molecule has 0 aliphatic carbocycles. The number of aromatic hydroxyl groups is 2. The summed E-state index contributed by atoms with van der Waals surface area (Å²) in [5, 5.41) is 30.3. The average Bonchev–Trinajstić information content (AvgIpc) is 2.79. The molecule has 0 spiro atoms. The lowest BCUT2D eigenvalue weighted by Gasteiger charge is -2.14. The van der Waals surface area contributed by atoms with E-state index in [-0.39, 0.29) is 11.5 Å². The number of rotatable bonds is 1. The maximum atomic E-state index is 11.3. The highest BCUT2D eigenvalue weighted by Crippen LogP contribution is 2.45. The van der Waals surface area contributed by atoms with Gasteiger partial charge < -0.3 is 10.2 Å². The molecule has 142 valence electrons. The molecule has 6 aromatic carbocycles. The Bertz CT molecular complexity index is 1490. The second-order valence-electron chi connectivity index (χ2n) is 7.69. The van der Waals surface area contributed by atoms with Gasteiger partial charge in [-0.05, 0) is 44.5 Å². The smallest absolute Gasteiger partial charge is 0.131 e. The van der Waals surface area contributed by atoms with Crippen molar-refractivity contribution in [3.05, 3.63) is 97.1 Å². The highest BCUT2D eigenvalue weighted by molar-refractivity contribution is 6.15. The molecule has 0 fully saturated rings. The first-order valence-electron chi connectivity index (χ1n) is 9.99. The SMILES string of the molecule is Oc1c(-c2ccc3ccc4ccccc4c3c2O)ccc2ccc3ccccc3c12. The fraction of sp³-hybridized carbons (Fsp3) is 0. The van der Waals surface area contributed by atoms with Crippen LogP contribution < -0.4 is 0 Å². The van der Waals surface area contributed by atoms with Crippen LogP contribution in [0, 0.1) is 0 Å². The maximum absolute atomic E-state index is 11.3. The first kappa shape index (κ1) is 16.9. The van der Waals surface area contributed by atoms with Crippen molar-refractivity contribution in [3.63, 3.8) is 0 Å². The van der Waals surface area contributed by atoms with Gasteiger partial charge in [0.25, 0.3) is 0 Å². The Morgan fingerprint density at radius 2 is 0.733 bits per heavy atom. The Balaban J connectivity index is 1.71. The molecule has 0 radical (unpaired) electrons. The molecule has 6 rings (SSSR count). The zero-order valence-electron chi connectivity index (χ0n) is 16.1. The van der Waals surface area contributed by atoms with Crippen molar-refractivity contribution in [1.82, 2.24) is 0 Å². The van der Waals surface area contributed by atoms with Gasteiger partial charge in [-0.2, -0.15) is 0 Å². The van der Waals surface area contributed by atoms with Gasteiger partial charge in [-0.1, -0.05) is 84.9 Å². The zero-order chi connectivity index (χ0) is 20.2. The molecule has 0 atom stereocenters. The van der Waals surface area contributed by atoms with Gasteiger partial charge >= 0.3 is 0 Å². The van der Waals surface area contributed by atoms with Gasteiger partial charge in [-0.25, -0.2) is 0 Å². The summed E-state index contributed by atoms with van der Waals surface area (Å²) in [4.78, 5) is 0. The molecular formula is C28H18O2. The van der Waals surface area contributed by atoms with Crippen molar-refractivity contribution < 1.29 is 10.2 Å². The Hall–Kier alpha value is -4.04. The standard InChI is InChI=1S/C28H18O2/c29-27-23(15-13-19-11-9-17-5-1-3-7-21(17)25(19)27)24-16-14-20-12-10-18-6-2-4-8-22(18)26(20)28(24)30/h1-16,29-30H. The summed E-state index contributed by atoms with van der Waals surface area (Å²) in [6.45, 7) is 0. The quantitative estimate of drug-likeness (QED) is 0.289. The summed E-state index contributed by atoms with van der Waals surface area (Å²) in [5.41, 5.74) is 1.26. The number of hydrogen-bond donors (Lipinski definition) is 2. The Morgan fingerprint density at radius 3 is 1.20 bits per heavy atom. The zero-order valence-corrected chi connectivity index (χ0v) is 16.1. The van der Waals surface area contributed by atoms with Crippen molar-refractivity contribution >= 4 is 43.1 Å². The van der Waals surface area contributed by atoms with Crippen LogP contribution in [-0.4, -0.2) is 10.2 Å². The van der Waals surface area contributed by atoms with Crippen LogP contribution in [0.25, 0.3) is 54.2 Å². The van der Waals surface area contributed by atoms with E-state index in [4.69, 9.17) is 0 Å². The monoisotopic (exact) mass is 386 g/mol. The van der Waals surface area contributed by atoms with Crippen molar-refractivity contribution in [3.8, 4) is 22.6 Å². The molecule has 0 aliphatic heterocycles. The number of fused-ring (bicyclic) bond motifs is 6. The molecule has 30 heavy (non-hydrogen) atoms. The van der Waals surface area contributed by atoms with Crippen LogP contribution in [0.4, 0.5) is 0 Å². The van der Waals surface area contributed by atoms with Crippen molar-refractivity contribution in [1.29, 1.82) is 0 Å². The fourth-order valence-electron chi connectivity index (χ4n) is 4.59. The molecule has 0 saturated heterocycles. The molecule has 0 aliphatic rings. The van der Waals surface area contributed by atoms with Gasteiger partial charge in [-0.15, -0.1) is 0 Å². The molecule has 0 unspecified atom stereocenters. The second-order valence-corrected chi connectivity index (χ2v) is 7.69. The topological polar surface area (TPSA) is 40.5 Å². The van der Waals surface area contributed by atoms with Gasteiger partial charge in [0.05, 0.1) is 0 Å². The minimum absolute atomic E-state index is 0.194. The Labute approximate surface area is 173 Å². The number of phenolic OH excluding ortho intramolecular Hbond substituents is 2. The van der Waals surface area contributed by atoms with E-state index in [0.717, 1.165) is 43.1 Å². The highest BCUT2D eigenvalue weighted by Gasteiger charge is 2.16. The lowest BCUT2D eigenvalue weighted by Crippen LogP contribution is -1.86. The van der Waals surface area contributed by atoms with Gasteiger partial charge in [0.1, 0.15) is 11.5 Å². The third kappa shape index (κ3) is 2.31. The van der Waals surface area contributed by atoms with Gasteiger partial charge in [0.15, 0.2) is 0 Å². The minimum atomic E-state index is 0.194. The molecule has 0 heterocycles. The molecular weight excluding hydrogens is 368 g/mol. The average molecular weight is 386 g/mol. The summed E-state index contributed by atoms with van der Waals surface area (Å²) in [5.74, 6) is 0.387. The van der Waals surface area contributed by atoms with E-state index in [0.29, 0.717) is 11.1 Å². The molecule has 2 N–H and O–H groups in total. The van der Waals surface area contributed by atoms with Gasteiger partial charge in [-0.3, -0.25) is 0 Å². The summed E-state index contributed by atoms with van der Waals surface area (Å²) >= 11 is 0. The largest absolute Gasteiger partial charge is 0.507 e. The Morgan fingerprint density at radius 1 is 0.367 bits per heavy atom. The lowest BCUT2D eigenvalue weighted by molar-refractivity contribution is 0.476. The molecule has 0 aromatic heterocycles. The number of phenols is 2. The summed E-state index contributed by atoms with van der Waals surface area (Å²) < 4.78 is 0. The molecule has 2 nitrogen and oxygen atoms in total. The summed E-state index contributed by atoms with van der Waals surface area (Å²) in [7, 11) is 0. The highest BCUT2D eigenvalue weighted by atomic mass is 16.3. The molecule has 6 aromatic rings. The lowest BCUT2D eigenvalue weighted by atomic mass is 9.92. The van der Waals surface area contributed by atoms with E-state index in [9.17, 15) is 10.2 Å². The van der Waals surface area contributed by atoms with Crippen LogP contribution in [0.3, 0.4) is 0 Å². The van der Waals surface area contributed by atoms with E-state index < -0.39 is 0 Å². The van der Waals surface area contributed by atoms with Crippen LogP contribution in [0.1, 0.15) is 0 Å². The van der Waals surface area contributed by atoms with Gasteiger partial charge in [0, 0.05) is 21.9 Å². The van der Waals surface area contributed by atoms with Crippen molar-refractivity contribution in [2.45, 2.75) is 0 Å². The van der Waals surface area contributed by atoms with Crippen molar-refractivity contribution in [2.75, 3.05) is 0 Å². The second kappa shape index (κ2) is 6.23. The number of hydrogen-bond acceptors (Lipinski definition) is 2. The van der Waals surface area contributed by atoms with Crippen molar-refractivity contribution in [2.24, 2.45) is 0 Å². The summed E-state index contributed by atoms with van der Waals surface area (Å²) in [6.07, 6.45) is 0. The van der Waals surface area contributed by atoms with E-state index in [1.807, 2.05) is 84.9 Å². The van der Waals surface area contributed by atoms with Crippen LogP contribution >= 0.6 is 0 Å². The maximum Gasteiger partial charge on any atom is 0.131 e. The molecule has 0 amide bonds. The third-order valence-corrected chi connectivity index (χ3v) is 6.06. The third-order valence-electron chi connectivity index (χ3n) is 6.06. The molecule has 0 saturated carbocycles. The van der Waals surface area contributed by atoms with E-state index >= 15 is 0 Å². The van der Waals surface area contributed by atoms with E-state index in [1.54, 1.807) is 0 Å². The number of benzene rings is 6. The predicted molar refractivity (Wildman–Crippen MR) is 125 cm³/mol. The first-order chi connectivity index (χ1) is 14.7. The van der Waals surface area contributed by atoms with E-state index in [1.165, 1.54) is 0 Å². The van der Waals surface area contributed by atoms with E-state index in [2.05, 4.69) is 12.1 Å². The van der Waals surface area contributed by atoms with Crippen LogP contribution in [0.2, 0.25) is 0 Å². The molecule has 0 bridgehead atoms. The van der Waals surface area contributed by atoms with Crippen LogP contribution in [-0.2, 0) is 0 Å². The normalized spacial score (nSPS) is 11.6. The van der Waals surface area contributed by atoms with Crippen LogP contribution in [0.5, 0.6) is 11.5 Å². The van der Waals surface area contributed by atoms with Gasteiger partial charge in [0.2, 0.25) is 0 Å². The minimum Gasteiger partial charge on any atom is -0.507 e. The fourth-order valence-corrected chi connectivity index (χ4v) is 4.59.